The zero-order chi connectivity index (χ0) is 20.4. The van der Waals surface area contributed by atoms with Gasteiger partial charge in [-0.1, -0.05) is 12.1 Å². The number of ether oxygens (including phenoxy) is 1. The first-order valence-corrected chi connectivity index (χ1v) is 10.2. The first kappa shape index (κ1) is 20.9. The van der Waals surface area contributed by atoms with Crippen molar-refractivity contribution in [2.75, 3.05) is 6.54 Å². The molecule has 0 saturated heterocycles. The van der Waals surface area contributed by atoms with Crippen molar-refractivity contribution >= 4 is 27.7 Å². The molecular formula is C18H25N3O5S. The average molecular weight is 395 g/mol. The second-order valence-corrected chi connectivity index (χ2v) is 8.48. The van der Waals surface area contributed by atoms with Crippen LogP contribution in [-0.4, -0.2) is 55.8 Å². The number of esters is 1. The molecule has 1 aromatic carbocycles. The monoisotopic (exact) mass is 395 g/mol. The Morgan fingerprint density at radius 2 is 1.70 bits per heavy atom. The fraction of sp³-hybridized carbons (Fsp3) is 0.500. The number of nitrogens with zero attached hydrogens (tertiary/aromatic N) is 2. The van der Waals surface area contributed by atoms with Gasteiger partial charge >= 0.3 is 5.97 Å². The van der Waals surface area contributed by atoms with Gasteiger partial charge in [-0.25, -0.2) is 8.42 Å². The van der Waals surface area contributed by atoms with Gasteiger partial charge in [0.15, 0.2) is 6.10 Å². The summed E-state index contributed by atoms with van der Waals surface area (Å²) < 4.78 is 31.5. The number of amides is 1. The van der Waals surface area contributed by atoms with Crippen molar-refractivity contribution in [1.82, 2.24) is 9.62 Å². The van der Waals surface area contributed by atoms with Crippen LogP contribution in [0.2, 0.25) is 0 Å². The molecule has 1 atom stereocenters. The highest BCUT2D eigenvalue weighted by atomic mass is 32.2. The summed E-state index contributed by atoms with van der Waals surface area (Å²) in [4.78, 5) is 30.3. The minimum atomic E-state index is -3.66. The van der Waals surface area contributed by atoms with Crippen LogP contribution in [0.4, 0.5) is 0 Å². The molecule has 1 aliphatic rings. The Kier molecular flexibility index (Phi) is 6.25. The third-order valence-corrected chi connectivity index (χ3v) is 5.45. The fourth-order valence-corrected chi connectivity index (χ4v) is 4.25. The van der Waals surface area contributed by atoms with E-state index in [-0.39, 0.29) is 28.7 Å². The van der Waals surface area contributed by atoms with Gasteiger partial charge in [-0.3, -0.25) is 19.3 Å². The molecule has 1 aromatic rings. The fourth-order valence-electron chi connectivity index (χ4n) is 2.99. The molecule has 8 nitrogen and oxygen atoms in total. The van der Waals surface area contributed by atoms with E-state index in [2.05, 4.69) is 9.71 Å². The molecule has 9 heteroatoms. The van der Waals surface area contributed by atoms with Gasteiger partial charge in [0.05, 0.1) is 4.90 Å². The van der Waals surface area contributed by atoms with E-state index < -0.39 is 28.6 Å². The molecule has 2 rings (SSSR count). The molecular weight excluding hydrogens is 370 g/mol. The van der Waals surface area contributed by atoms with E-state index in [1.54, 1.807) is 23.1 Å². The molecule has 0 unspecified atom stereocenters. The van der Waals surface area contributed by atoms with Gasteiger partial charge in [0, 0.05) is 17.6 Å². The zero-order valence-electron chi connectivity index (χ0n) is 16.1. The van der Waals surface area contributed by atoms with Crippen LogP contribution in [0.3, 0.4) is 0 Å². The van der Waals surface area contributed by atoms with Crippen LogP contribution in [0.15, 0.2) is 34.2 Å². The number of benzene rings is 1. The third-order valence-electron chi connectivity index (χ3n) is 4.05. The predicted octanol–water partition coefficient (Wildman–Crippen LogP) is 1.30. The van der Waals surface area contributed by atoms with Crippen molar-refractivity contribution in [2.24, 2.45) is 4.99 Å². The minimum absolute atomic E-state index is 0.0247. The van der Waals surface area contributed by atoms with Crippen LogP contribution in [0, 0.1) is 0 Å². The maximum Gasteiger partial charge on any atom is 0.328 e. The van der Waals surface area contributed by atoms with Gasteiger partial charge in [-0.15, -0.1) is 0 Å². The van der Waals surface area contributed by atoms with Crippen LogP contribution in [0.1, 0.15) is 40.2 Å². The van der Waals surface area contributed by atoms with Crippen molar-refractivity contribution in [3.63, 3.8) is 0 Å². The minimum Gasteiger partial charge on any atom is -0.451 e. The summed E-state index contributed by atoms with van der Waals surface area (Å²) in [6, 6.07) is 6.31. The quantitative estimate of drug-likeness (QED) is 0.731. The Labute approximate surface area is 159 Å². The SMILES string of the molecule is CC(C)N(C(=O)[C@H](C)OC(=O)CN=C1NS(=O)(=O)c2ccccc21)C(C)C. The number of sulfonamides is 1. The van der Waals surface area contributed by atoms with Crippen molar-refractivity contribution in [3.05, 3.63) is 29.8 Å². The average Bonchev–Trinajstić information content (AvgIpc) is 2.83. The van der Waals surface area contributed by atoms with Gasteiger partial charge in [0.1, 0.15) is 12.4 Å². The molecule has 1 N–H and O–H groups in total. The van der Waals surface area contributed by atoms with Gasteiger partial charge in [-0.2, -0.15) is 0 Å². The lowest BCUT2D eigenvalue weighted by molar-refractivity contribution is -0.159. The Hall–Kier alpha value is -2.42. The van der Waals surface area contributed by atoms with E-state index in [1.165, 1.54) is 13.0 Å². The van der Waals surface area contributed by atoms with Crippen LogP contribution < -0.4 is 4.72 Å². The largest absolute Gasteiger partial charge is 0.451 e. The highest BCUT2D eigenvalue weighted by Gasteiger charge is 2.31. The van der Waals surface area contributed by atoms with Crippen molar-refractivity contribution in [2.45, 2.75) is 57.7 Å². The lowest BCUT2D eigenvalue weighted by Crippen LogP contribution is -2.47. The van der Waals surface area contributed by atoms with Gasteiger partial charge in [-0.05, 0) is 46.8 Å². The van der Waals surface area contributed by atoms with Crippen LogP contribution in [0.5, 0.6) is 0 Å². The van der Waals surface area contributed by atoms with E-state index >= 15 is 0 Å². The maximum absolute atomic E-state index is 12.5. The first-order valence-electron chi connectivity index (χ1n) is 8.73. The lowest BCUT2D eigenvalue weighted by atomic mass is 10.2. The maximum atomic E-state index is 12.5. The molecule has 1 amide bonds. The predicted molar refractivity (Wildman–Crippen MR) is 101 cm³/mol. The van der Waals surface area contributed by atoms with E-state index in [9.17, 15) is 18.0 Å². The summed E-state index contributed by atoms with van der Waals surface area (Å²) in [5.74, 6) is -0.903. The molecule has 1 heterocycles. The number of carbonyl (C=O) groups excluding carboxylic acids is 2. The molecule has 0 aliphatic carbocycles. The molecule has 0 aromatic heterocycles. The number of carbonyl (C=O) groups is 2. The van der Waals surface area contributed by atoms with Gasteiger partial charge < -0.3 is 9.64 Å². The molecule has 0 saturated carbocycles. The van der Waals surface area contributed by atoms with Gasteiger partial charge in [0.2, 0.25) is 0 Å². The lowest BCUT2D eigenvalue weighted by Gasteiger charge is -2.32. The molecule has 0 bridgehead atoms. The standard InChI is InChI=1S/C18H25N3O5S/c1-11(2)21(12(3)4)18(23)13(5)26-16(22)10-19-17-14-8-6-7-9-15(14)27(24,25)20-17/h6-9,11-13H,10H2,1-5H3,(H,19,20)/t13-/m0/s1. The number of rotatable bonds is 6. The van der Waals surface area contributed by atoms with Crippen LogP contribution in [0.25, 0.3) is 0 Å². The summed E-state index contributed by atoms with van der Waals surface area (Å²) in [6.45, 7) is 8.68. The van der Waals surface area contributed by atoms with Gasteiger partial charge in [0.25, 0.3) is 15.9 Å². The second-order valence-electron chi connectivity index (χ2n) is 6.83. The summed E-state index contributed by atoms with van der Waals surface area (Å²) in [7, 11) is -3.66. The van der Waals surface area contributed by atoms with E-state index in [0.29, 0.717) is 5.56 Å². The molecule has 148 valence electrons. The number of amidine groups is 1. The number of nitrogens with one attached hydrogen (secondary N) is 1. The number of hydrogen-bond acceptors (Lipinski definition) is 6. The Morgan fingerprint density at radius 3 is 2.30 bits per heavy atom. The molecule has 27 heavy (non-hydrogen) atoms. The number of fused-ring (bicyclic) bond motifs is 1. The summed E-state index contributed by atoms with van der Waals surface area (Å²) in [5, 5.41) is 0. The smallest absolute Gasteiger partial charge is 0.328 e. The molecule has 0 fully saturated rings. The molecule has 0 spiro atoms. The number of hydrogen-bond donors (Lipinski definition) is 1. The second kappa shape index (κ2) is 8.08. The summed E-state index contributed by atoms with van der Waals surface area (Å²) in [5.41, 5.74) is 0.403. The van der Waals surface area contributed by atoms with Crippen molar-refractivity contribution in [1.29, 1.82) is 0 Å². The van der Waals surface area contributed by atoms with E-state index in [4.69, 9.17) is 4.74 Å². The topological polar surface area (TPSA) is 105 Å². The Bertz CT molecular complexity index is 854. The normalized spacial score (nSPS) is 17.5. The first-order chi connectivity index (χ1) is 12.5. The summed E-state index contributed by atoms with van der Waals surface area (Å²) >= 11 is 0. The van der Waals surface area contributed by atoms with E-state index in [1.807, 2.05) is 27.7 Å². The molecule has 0 radical (unpaired) electrons. The Morgan fingerprint density at radius 1 is 1.11 bits per heavy atom. The highest BCUT2D eigenvalue weighted by Crippen LogP contribution is 2.22. The molecule has 1 aliphatic heterocycles. The van der Waals surface area contributed by atoms with E-state index in [0.717, 1.165) is 0 Å². The highest BCUT2D eigenvalue weighted by molar-refractivity contribution is 7.90. The zero-order valence-corrected chi connectivity index (χ0v) is 16.9. The third kappa shape index (κ3) is 4.65. The number of aliphatic imine (C=N–C) groups is 1. The van der Waals surface area contributed by atoms with Crippen LogP contribution in [-0.2, 0) is 24.3 Å². The summed E-state index contributed by atoms with van der Waals surface area (Å²) in [6.07, 6.45) is -0.949. The Balaban J connectivity index is 2.05. The van der Waals surface area contributed by atoms with Crippen molar-refractivity contribution < 1.29 is 22.7 Å². The van der Waals surface area contributed by atoms with Crippen LogP contribution >= 0.6 is 0 Å². The van der Waals surface area contributed by atoms with Crippen molar-refractivity contribution in [3.8, 4) is 0 Å².